The summed E-state index contributed by atoms with van der Waals surface area (Å²) in [7, 11) is -3.51. The van der Waals surface area contributed by atoms with Crippen LogP contribution in [0.3, 0.4) is 0 Å². The van der Waals surface area contributed by atoms with Crippen molar-refractivity contribution in [2.24, 2.45) is 0 Å². The topological polar surface area (TPSA) is 124 Å². The lowest BCUT2D eigenvalue weighted by molar-refractivity contribution is -0.157. The molecular weight excluding hydrogens is 873 g/mol. The molecule has 0 heterocycles. The summed E-state index contributed by atoms with van der Waals surface area (Å²) in [5.74, 6) is 0.861. The van der Waals surface area contributed by atoms with Crippen molar-refractivity contribution in [1.29, 1.82) is 0 Å². The lowest BCUT2D eigenvalue weighted by atomic mass is 10.1. The maximum absolute atomic E-state index is 12.7. The van der Waals surface area contributed by atoms with Crippen LogP contribution in [0.2, 0.25) is 0 Å². The average molecular weight is 933 g/mol. The second-order valence-electron chi connectivity index (χ2n) is 14.8. The molecule has 66 heavy (non-hydrogen) atoms. The van der Waals surface area contributed by atoms with E-state index in [1.807, 2.05) is 80.6 Å². The molecule has 6 aromatic carbocycles. The molecule has 0 spiro atoms. The summed E-state index contributed by atoms with van der Waals surface area (Å²) < 4.78 is 58.3. The summed E-state index contributed by atoms with van der Waals surface area (Å²) in [6.45, 7) is 9.92. The Morgan fingerprint density at radius 1 is 0.455 bits per heavy atom. The predicted octanol–water partition coefficient (Wildman–Crippen LogP) is 10.6. The minimum absolute atomic E-state index is 0.270. The molecule has 0 fully saturated rings. The maximum atomic E-state index is 12.7. The van der Waals surface area contributed by atoms with Crippen LogP contribution in [-0.4, -0.2) is 72.2 Å². The molecular formula is C54H60O10S2. The summed E-state index contributed by atoms with van der Waals surface area (Å²) in [4.78, 5) is 27.1. The second kappa shape index (κ2) is 27.5. The van der Waals surface area contributed by atoms with E-state index in [-0.39, 0.29) is 21.7 Å². The van der Waals surface area contributed by atoms with E-state index in [1.54, 1.807) is 68.1 Å². The summed E-state index contributed by atoms with van der Waals surface area (Å²) in [5, 5.41) is 0. The highest BCUT2D eigenvalue weighted by Crippen LogP contribution is 2.28. The van der Waals surface area contributed by atoms with Crippen LogP contribution in [0, 0.1) is 0 Å². The lowest BCUT2D eigenvalue weighted by Gasteiger charge is -2.15. The van der Waals surface area contributed by atoms with Crippen LogP contribution in [0.15, 0.2) is 177 Å². The van der Waals surface area contributed by atoms with Gasteiger partial charge < -0.3 is 28.4 Å². The van der Waals surface area contributed by atoms with Gasteiger partial charge in [0.2, 0.25) is 9.84 Å². The maximum Gasteiger partial charge on any atom is 0.335 e. The van der Waals surface area contributed by atoms with Crippen LogP contribution in [0.5, 0.6) is 11.5 Å². The first-order valence-corrected chi connectivity index (χ1v) is 24.6. The van der Waals surface area contributed by atoms with Gasteiger partial charge >= 0.3 is 11.9 Å². The number of ether oxygens (including phenoxy) is 6. The summed E-state index contributed by atoms with van der Waals surface area (Å²) in [6.07, 6.45) is 1.21. The zero-order chi connectivity index (χ0) is 47.0. The monoisotopic (exact) mass is 932 g/mol. The Hall–Kier alpha value is -5.92. The normalized spacial score (nSPS) is 11.9. The van der Waals surface area contributed by atoms with Crippen molar-refractivity contribution in [2.75, 3.05) is 39.6 Å². The van der Waals surface area contributed by atoms with Gasteiger partial charge in [-0.15, -0.1) is 0 Å². The third-order valence-electron chi connectivity index (χ3n) is 10.0. The number of sulfone groups is 1. The summed E-state index contributed by atoms with van der Waals surface area (Å²) in [5.41, 5.74) is 4.19. The largest absolute Gasteiger partial charge is 0.493 e. The van der Waals surface area contributed by atoms with E-state index in [4.69, 9.17) is 28.4 Å². The summed E-state index contributed by atoms with van der Waals surface area (Å²) in [6, 6.07) is 49.6. The highest BCUT2D eigenvalue weighted by atomic mass is 32.2. The molecule has 0 bridgehead atoms. The lowest BCUT2D eigenvalue weighted by Crippen LogP contribution is -2.28. The molecule has 0 aromatic heterocycles. The molecule has 0 amide bonds. The van der Waals surface area contributed by atoms with Gasteiger partial charge in [-0.2, -0.15) is 0 Å². The van der Waals surface area contributed by atoms with Gasteiger partial charge in [0.05, 0.1) is 36.2 Å². The molecule has 0 N–H and O–H groups in total. The van der Waals surface area contributed by atoms with Gasteiger partial charge in [-0.05, 0) is 123 Å². The zero-order valence-electron chi connectivity index (χ0n) is 38.1. The Labute approximate surface area is 394 Å². The van der Waals surface area contributed by atoms with Crippen molar-refractivity contribution >= 4 is 33.5 Å². The molecule has 0 saturated heterocycles. The van der Waals surface area contributed by atoms with Crippen molar-refractivity contribution in [3.05, 3.63) is 180 Å². The van der Waals surface area contributed by atoms with Gasteiger partial charge in [-0.3, -0.25) is 0 Å². The Morgan fingerprint density at radius 3 is 1.26 bits per heavy atom. The molecule has 0 radical (unpaired) electrons. The van der Waals surface area contributed by atoms with Gasteiger partial charge in [0.15, 0.2) is 12.2 Å². The van der Waals surface area contributed by atoms with Gasteiger partial charge in [0.1, 0.15) is 11.5 Å². The van der Waals surface area contributed by atoms with E-state index in [2.05, 4.69) is 48.5 Å². The van der Waals surface area contributed by atoms with Crippen molar-refractivity contribution in [3.8, 4) is 11.5 Å². The van der Waals surface area contributed by atoms with E-state index in [1.165, 1.54) is 15.4 Å². The minimum atomic E-state index is -3.51. The highest BCUT2D eigenvalue weighted by Gasteiger charge is 2.22. The van der Waals surface area contributed by atoms with Gasteiger partial charge in [0, 0.05) is 48.7 Å². The third kappa shape index (κ3) is 16.8. The first-order chi connectivity index (χ1) is 32.1. The Bertz CT molecular complexity index is 2430. The van der Waals surface area contributed by atoms with Gasteiger partial charge in [-0.25, -0.2) is 18.0 Å². The van der Waals surface area contributed by atoms with E-state index in [0.717, 1.165) is 34.6 Å². The van der Waals surface area contributed by atoms with Crippen LogP contribution < -0.4 is 9.47 Å². The first-order valence-electron chi connectivity index (χ1n) is 22.3. The molecule has 6 aromatic rings. The molecule has 6 rings (SSSR count). The standard InChI is InChI=1S/C27H30O6S.C27H30O4S/c1-3-31-26(27(28)32-4-2)20-22-10-14-23(15-11-22)33-19-18-21-12-16-25(17-13-21)34(29,30)24-8-6-5-7-9-24;1-3-29-26(27(28)30-4-2)20-22-10-14-23(15-11-22)31-19-18-21-12-16-25(17-13-21)32-24-8-6-5-7-9-24/h5-17,26H,3-4,18-20H2,1-2H3;5-17,26H,3-4,18-20H2,1-2H3/t2*26-/m00/s1. The van der Waals surface area contributed by atoms with Crippen LogP contribution in [-0.2, 0) is 64.1 Å². The first kappa shape index (κ1) is 51.1. The van der Waals surface area contributed by atoms with Crippen molar-refractivity contribution in [3.63, 3.8) is 0 Å². The fourth-order valence-electron chi connectivity index (χ4n) is 6.66. The number of carbonyl (C=O) groups excluding carboxylic acids is 2. The fraction of sp³-hybridized carbons (Fsp3) is 0.296. The minimum Gasteiger partial charge on any atom is -0.493 e. The third-order valence-corrected chi connectivity index (χ3v) is 12.8. The molecule has 348 valence electrons. The molecule has 2 atom stereocenters. The van der Waals surface area contributed by atoms with Crippen molar-refractivity contribution < 1.29 is 46.4 Å². The number of benzene rings is 6. The molecule has 12 heteroatoms. The molecule has 0 unspecified atom stereocenters. The van der Waals surface area contributed by atoms with Gasteiger partial charge in [-0.1, -0.05) is 96.7 Å². The molecule has 0 aliphatic carbocycles. The zero-order valence-corrected chi connectivity index (χ0v) is 39.8. The van der Waals surface area contributed by atoms with Crippen LogP contribution in [0.4, 0.5) is 0 Å². The number of esters is 2. The smallest absolute Gasteiger partial charge is 0.335 e. The molecule has 0 aliphatic rings. The summed E-state index contributed by atoms with van der Waals surface area (Å²) >= 11 is 1.76. The molecule has 0 aliphatic heterocycles. The SMILES string of the molecule is CCOC(=O)[C@H](Cc1ccc(OCCc2ccc(S(=O)(=O)c3ccccc3)cc2)cc1)OCC.CCOC(=O)[C@H](Cc1ccc(OCCc2ccc(Sc3ccccc3)cc2)cc1)OCC. The van der Waals surface area contributed by atoms with Crippen LogP contribution >= 0.6 is 11.8 Å². The second-order valence-corrected chi connectivity index (χ2v) is 17.9. The average Bonchev–Trinajstić information content (AvgIpc) is 3.34. The van der Waals surface area contributed by atoms with E-state index in [0.29, 0.717) is 58.9 Å². The van der Waals surface area contributed by atoms with Gasteiger partial charge in [0.25, 0.3) is 0 Å². The van der Waals surface area contributed by atoms with Crippen molar-refractivity contribution in [1.82, 2.24) is 0 Å². The number of carbonyl (C=O) groups is 2. The van der Waals surface area contributed by atoms with E-state index >= 15 is 0 Å². The van der Waals surface area contributed by atoms with Crippen LogP contribution in [0.1, 0.15) is 49.9 Å². The van der Waals surface area contributed by atoms with E-state index in [9.17, 15) is 18.0 Å². The number of hydrogen-bond acceptors (Lipinski definition) is 11. The highest BCUT2D eigenvalue weighted by molar-refractivity contribution is 7.99. The van der Waals surface area contributed by atoms with E-state index < -0.39 is 22.0 Å². The number of hydrogen-bond donors (Lipinski definition) is 0. The molecule has 10 nitrogen and oxygen atoms in total. The number of rotatable bonds is 24. The van der Waals surface area contributed by atoms with Crippen molar-refractivity contribution in [2.45, 2.75) is 85.2 Å². The quantitative estimate of drug-likeness (QED) is 0.0539. The Morgan fingerprint density at radius 2 is 0.833 bits per heavy atom. The Kier molecular flexibility index (Phi) is 21.3. The fourth-order valence-corrected chi connectivity index (χ4v) is 8.78. The Balaban J connectivity index is 0.000000248. The van der Waals surface area contributed by atoms with Crippen LogP contribution in [0.25, 0.3) is 0 Å². The molecule has 0 saturated carbocycles. The predicted molar refractivity (Wildman–Crippen MR) is 258 cm³/mol.